The molecule has 0 saturated carbocycles. The van der Waals surface area contributed by atoms with E-state index in [4.69, 9.17) is 9.47 Å². The molecular formula is C30H32FN5O4. The fraction of sp³-hybridized carbons (Fsp3) is 0.367. The maximum absolute atomic E-state index is 14.5. The monoisotopic (exact) mass is 545 g/mol. The Morgan fingerprint density at radius 3 is 2.88 bits per heavy atom. The van der Waals surface area contributed by atoms with Crippen molar-refractivity contribution in [2.75, 3.05) is 25.5 Å². The van der Waals surface area contributed by atoms with E-state index >= 15 is 0 Å². The largest absolute Gasteiger partial charge is 0.492 e. The van der Waals surface area contributed by atoms with E-state index in [0.29, 0.717) is 53.3 Å². The molecule has 0 unspecified atom stereocenters. The summed E-state index contributed by atoms with van der Waals surface area (Å²) in [5, 5.41) is 6.13. The molecule has 10 heteroatoms. The Morgan fingerprint density at radius 1 is 1.27 bits per heavy atom. The number of ether oxygens (including phenoxy) is 2. The number of rotatable bonds is 4. The molecule has 2 aromatic heterocycles. The van der Waals surface area contributed by atoms with Gasteiger partial charge in [0.2, 0.25) is 0 Å². The number of carbonyl (C=O) groups excluding carboxylic acids is 2. The summed E-state index contributed by atoms with van der Waals surface area (Å²) < 4.78 is 25.4. The van der Waals surface area contributed by atoms with E-state index in [-0.39, 0.29) is 23.8 Å². The smallest absolute Gasteiger partial charge is 0.411 e. The van der Waals surface area contributed by atoms with Crippen molar-refractivity contribution in [3.8, 4) is 28.8 Å². The van der Waals surface area contributed by atoms with Crippen LogP contribution in [0.25, 0.3) is 11.3 Å². The van der Waals surface area contributed by atoms with E-state index in [1.165, 1.54) is 13.2 Å². The maximum atomic E-state index is 14.5. The van der Waals surface area contributed by atoms with Crippen LogP contribution >= 0.6 is 0 Å². The zero-order valence-corrected chi connectivity index (χ0v) is 23.0. The lowest BCUT2D eigenvalue weighted by atomic mass is 10.0. The van der Waals surface area contributed by atoms with Gasteiger partial charge < -0.3 is 25.1 Å². The number of fused-ring (bicyclic) bond motifs is 1. The van der Waals surface area contributed by atoms with Crippen molar-refractivity contribution in [3.63, 3.8) is 0 Å². The van der Waals surface area contributed by atoms with Crippen molar-refractivity contribution >= 4 is 23.4 Å². The number of likely N-dealkylation sites (tertiary alicyclic amines) is 1. The fourth-order valence-corrected chi connectivity index (χ4v) is 4.98. The number of amides is 2. The predicted octanol–water partition coefficient (Wildman–Crippen LogP) is 5.00. The lowest BCUT2D eigenvalue weighted by Crippen LogP contribution is -2.39. The minimum Gasteiger partial charge on any atom is -0.492 e. The molecule has 0 bridgehead atoms. The number of benzene rings is 1. The molecule has 208 valence electrons. The van der Waals surface area contributed by atoms with E-state index in [9.17, 15) is 14.0 Å². The first kappa shape index (κ1) is 27.1. The minimum atomic E-state index is -0.596. The second-order valence-electron chi connectivity index (χ2n) is 10.7. The third-order valence-electron chi connectivity index (χ3n) is 6.74. The van der Waals surface area contributed by atoms with Crippen molar-refractivity contribution in [2.45, 2.75) is 51.7 Å². The Bertz CT molecular complexity index is 1510. The van der Waals surface area contributed by atoms with E-state index in [0.717, 1.165) is 18.5 Å². The molecule has 3 aromatic rings. The number of aromatic amines is 1. The Morgan fingerprint density at radius 2 is 2.10 bits per heavy atom. The molecule has 2 aliphatic rings. The highest BCUT2D eigenvalue weighted by Gasteiger charge is 2.32. The summed E-state index contributed by atoms with van der Waals surface area (Å²) >= 11 is 0. The highest BCUT2D eigenvalue weighted by atomic mass is 19.1. The van der Waals surface area contributed by atoms with Gasteiger partial charge in [-0.15, -0.1) is 0 Å². The Hall–Kier alpha value is -4.52. The van der Waals surface area contributed by atoms with E-state index in [2.05, 4.69) is 32.4 Å². The number of nitrogens with one attached hydrogen (secondary N) is 3. The summed E-state index contributed by atoms with van der Waals surface area (Å²) in [5.41, 5.74) is 3.44. The molecule has 5 rings (SSSR count). The van der Waals surface area contributed by atoms with Gasteiger partial charge >= 0.3 is 6.09 Å². The number of aromatic nitrogens is 2. The Kier molecular flexibility index (Phi) is 7.39. The number of nitrogens with zero attached hydrogens (tertiary/aromatic N) is 2. The van der Waals surface area contributed by atoms with Gasteiger partial charge in [0.1, 0.15) is 5.60 Å². The highest BCUT2D eigenvalue weighted by Crippen LogP contribution is 2.40. The lowest BCUT2D eigenvalue weighted by Gasteiger charge is -2.26. The van der Waals surface area contributed by atoms with Gasteiger partial charge in [0.05, 0.1) is 41.3 Å². The third kappa shape index (κ3) is 5.45. The zero-order chi connectivity index (χ0) is 28.4. The maximum Gasteiger partial charge on any atom is 0.411 e. The molecule has 0 spiro atoms. The molecule has 40 heavy (non-hydrogen) atoms. The first-order chi connectivity index (χ1) is 19.2. The summed E-state index contributed by atoms with van der Waals surface area (Å²) in [6.07, 6.45) is 5.10. The molecule has 1 saturated heterocycles. The van der Waals surface area contributed by atoms with Crippen molar-refractivity contribution in [3.05, 3.63) is 59.3 Å². The highest BCUT2D eigenvalue weighted by molar-refractivity contribution is 6.06. The van der Waals surface area contributed by atoms with Crippen molar-refractivity contribution in [2.24, 2.45) is 0 Å². The van der Waals surface area contributed by atoms with Crippen LogP contribution in [0.15, 0.2) is 36.7 Å². The third-order valence-corrected chi connectivity index (χ3v) is 6.74. The van der Waals surface area contributed by atoms with Crippen LogP contribution in [0.5, 0.6) is 5.75 Å². The first-order valence-electron chi connectivity index (χ1n) is 13.2. The molecule has 0 radical (unpaired) electrons. The number of pyridine rings is 1. The molecule has 0 aliphatic carbocycles. The normalized spacial score (nSPS) is 16.5. The van der Waals surface area contributed by atoms with Gasteiger partial charge in [0.25, 0.3) is 5.91 Å². The number of para-hydroxylation sites is 1. The standard InChI is InChI=1S/C30H32FN5O4/c1-30(2,3)40-29(38)36-16-6-7-19(36)11-10-18-17-32-14-12-20(18)25-26(24-22(34-25)13-15-33-28(24)37)35-23-9-5-8-21(31)27(23)39-4/h5,8-9,12,14,17,19,34-35H,6-7,13,15-16H2,1-4H3,(H,33,37)/t19-/m1/s1. The number of carbonyl (C=O) groups is 2. The number of hydrogen-bond acceptors (Lipinski definition) is 6. The summed E-state index contributed by atoms with van der Waals surface area (Å²) in [6.45, 7) is 6.59. The fourth-order valence-electron chi connectivity index (χ4n) is 4.98. The second kappa shape index (κ2) is 10.9. The molecule has 1 aromatic carbocycles. The van der Waals surface area contributed by atoms with Crippen LogP contribution < -0.4 is 15.4 Å². The molecular weight excluding hydrogens is 513 g/mol. The average molecular weight is 546 g/mol. The summed E-state index contributed by atoms with van der Waals surface area (Å²) in [4.78, 5) is 35.1. The topological polar surface area (TPSA) is 109 Å². The van der Waals surface area contributed by atoms with E-state index < -0.39 is 11.4 Å². The second-order valence-corrected chi connectivity index (χ2v) is 10.7. The number of anilines is 2. The lowest BCUT2D eigenvalue weighted by molar-refractivity contribution is 0.0261. The van der Waals surface area contributed by atoms with Crippen LogP contribution in [0.1, 0.15) is 55.2 Å². The summed E-state index contributed by atoms with van der Waals surface area (Å²) in [5.74, 6) is 5.74. The molecule has 4 heterocycles. The van der Waals surface area contributed by atoms with Crippen molar-refractivity contribution in [1.82, 2.24) is 20.2 Å². The van der Waals surface area contributed by atoms with Crippen LogP contribution in [-0.4, -0.2) is 58.7 Å². The van der Waals surface area contributed by atoms with Crippen LogP contribution in [0, 0.1) is 17.7 Å². The Labute approximate surface area is 232 Å². The zero-order valence-electron chi connectivity index (χ0n) is 23.0. The van der Waals surface area contributed by atoms with Gasteiger partial charge in [-0.05, 0) is 51.8 Å². The summed E-state index contributed by atoms with van der Waals surface area (Å²) in [7, 11) is 1.39. The predicted molar refractivity (Wildman–Crippen MR) is 149 cm³/mol. The van der Waals surface area contributed by atoms with Gasteiger partial charge in [-0.25, -0.2) is 9.18 Å². The molecule has 9 nitrogen and oxygen atoms in total. The van der Waals surface area contributed by atoms with Crippen LogP contribution in [0.2, 0.25) is 0 Å². The molecule has 1 atom stereocenters. The Balaban J connectivity index is 1.55. The van der Waals surface area contributed by atoms with E-state index in [1.807, 2.05) is 26.8 Å². The van der Waals surface area contributed by atoms with Gasteiger partial charge in [-0.1, -0.05) is 17.9 Å². The van der Waals surface area contributed by atoms with Gasteiger partial charge in [-0.2, -0.15) is 0 Å². The van der Waals surface area contributed by atoms with Crippen molar-refractivity contribution < 1.29 is 23.5 Å². The summed E-state index contributed by atoms with van der Waals surface area (Å²) in [6, 6.07) is 6.09. The van der Waals surface area contributed by atoms with Gasteiger partial charge in [0.15, 0.2) is 11.6 Å². The molecule has 2 amide bonds. The van der Waals surface area contributed by atoms with E-state index in [1.54, 1.807) is 29.4 Å². The van der Waals surface area contributed by atoms with Gasteiger partial charge in [-0.3, -0.25) is 14.7 Å². The van der Waals surface area contributed by atoms with Crippen LogP contribution in [0.4, 0.5) is 20.6 Å². The minimum absolute atomic E-state index is 0.0397. The first-order valence-corrected chi connectivity index (χ1v) is 13.2. The number of methoxy groups -OCH3 is 1. The quantitative estimate of drug-likeness (QED) is 0.398. The van der Waals surface area contributed by atoms with Crippen LogP contribution in [-0.2, 0) is 11.2 Å². The molecule has 1 fully saturated rings. The average Bonchev–Trinajstić information content (AvgIpc) is 3.52. The SMILES string of the molecule is COc1c(F)cccc1Nc1c(-c2ccncc2C#C[C@H]2CCCN2C(=O)OC(C)(C)C)[nH]c2c1C(=O)NCC2. The van der Waals surface area contributed by atoms with Crippen molar-refractivity contribution in [1.29, 1.82) is 0 Å². The molecule has 3 N–H and O–H groups in total. The van der Waals surface area contributed by atoms with Crippen LogP contribution in [0.3, 0.4) is 0 Å². The van der Waals surface area contributed by atoms with Gasteiger partial charge in [0, 0.05) is 43.2 Å². The molecule has 2 aliphatic heterocycles. The number of hydrogen-bond donors (Lipinski definition) is 3. The number of halogens is 1. The number of H-pyrrole nitrogens is 1.